The molecule has 170 valence electrons. The van der Waals surface area contributed by atoms with Crippen LogP contribution in [0.2, 0.25) is 0 Å². The molecule has 0 aromatic carbocycles. The highest BCUT2D eigenvalue weighted by Crippen LogP contribution is 2.68. The number of esters is 1. The molecule has 4 aliphatic rings. The van der Waals surface area contributed by atoms with Gasteiger partial charge in [0.15, 0.2) is 16.9 Å². The Labute approximate surface area is 187 Å². The predicted molar refractivity (Wildman–Crippen MR) is 114 cm³/mol. The molecule has 8 atom stereocenters. The van der Waals surface area contributed by atoms with Crippen LogP contribution in [0.3, 0.4) is 0 Å². The van der Waals surface area contributed by atoms with E-state index in [1.54, 1.807) is 19.1 Å². The highest BCUT2D eigenvalue weighted by molar-refractivity contribution is 6.31. The first kappa shape index (κ1) is 22.7. The summed E-state index contributed by atoms with van der Waals surface area (Å²) in [5, 5.41) is 21.4. The Kier molecular flexibility index (Phi) is 5.51. The number of alkyl halides is 1. The molecule has 0 spiro atoms. The van der Waals surface area contributed by atoms with Crippen molar-refractivity contribution in [2.75, 3.05) is 0 Å². The first-order valence-electron chi connectivity index (χ1n) is 11.2. The van der Waals surface area contributed by atoms with E-state index in [1.165, 1.54) is 0 Å². The number of fused-ring (bicyclic) bond motifs is 5. The summed E-state index contributed by atoms with van der Waals surface area (Å²) in [5.41, 5.74) is -3.53. The smallest absolute Gasteiger partial charge is 0.306 e. The summed E-state index contributed by atoms with van der Waals surface area (Å²) >= 11 is 5.82. The SMILES string of the molecule is CCC(=O)O[C@]1(C(=O)C(O)Cl)CC[C@H]2[C@@H]3CCC4=CC(=O)C=C[C@]4(C)[C@H]3C(O)C[C@@]21C. The fourth-order valence-corrected chi connectivity index (χ4v) is 7.57. The van der Waals surface area contributed by atoms with Crippen LogP contribution >= 0.6 is 11.6 Å². The van der Waals surface area contributed by atoms with Gasteiger partial charge in [-0.15, -0.1) is 0 Å². The van der Waals surface area contributed by atoms with E-state index in [2.05, 4.69) is 6.92 Å². The van der Waals surface area contributed by atoms with Gasteiger partial charge in [0.25, 0.3) is 0 Å². The zero-order valence-corrected chi connectivity index (χ0v) is 19.0. The molecule has 2 unspecified atom stereocenters. The van der Waals surface area contributed by atoms with Gasteiger partial charge >= 0.3 is 5.97 Å². The van der Waals surface area contributed by atoms with E-state index < -0.39 is 39.9 Å². The summed E-state index contributed by atoms with van der Waals surface area (Å²) < 4.78 is 5.80. The van der Waals surface area contributed by atoms with Crippen molar-refractivity contribution in [3.05, 3.63) is 23.8 Å². The third kappa shape index (κ3) is 3.09. The number of aliphatic hydroxyl groups excluding tert-OH is 2. The molecule has 3 saturated carbocycles. The van der Waals surface area contributed by atoms with Crippen LogP contribution in [-0.4, -0.2) is 45.0 Å². The first-order valence-corrected chi connectivity index (χ1v) is 11.6. The highest BCUT2D eigenvalue weighted by Gasteiger charge is 2.70. The lowest BCUT2D eigenvalue weighted by atomic mass is 9.46. The van der Waals surface area contributed by atoms with Crippen LogP contribution in [0.4, 0.5) is 0 Å². The summed E-state index contributed by atoms with van der Waals surface area (Å²) in [6.07, 6.45) is 7.30. The Morgan fingerprint density at radius 3 is 2.68 bits per heavy atom. The lowest BCUT2D eigenvalue weighted by molar-refractivity contribution is -0.200. The van der Waals surface area contributed by atoms with Gasteiger partial charge in [-0.1, -0.05) is 44.0 Å². The van der Waals surface area contributed by atoms with Crippen LogP contribution in [0.5, 0.6) is 0 Å². The quantitative estimate of drug-likeness (QED) is 0.504. The number of ketones is 2. The zero-order valence-electron chi connectivity index (χ0n) is 18.3. The van der Waals surface area contributed by atoms with Crippen LogP contribution in [0.15, 0.2) is 23.8 Å². The maximum absolute atomic E-state index is 13.2. The molecule has 7 heteroatoms. The largest absolute Gasteiger partial charge is 0.450 e. The summed E-state index contributed by atoms with van der Waals surface area (Å²) in [4.78, 5) is 37.5. The van der Waals surface area contributed by atoms with Gasteiger partial charge in [-0.05, 0) is 56.1 Å². The average Bonchev–Trinajstić information content (AvgIpc) is 2.99. The summed E-state index contributed by atoms with van der Waals surface area (Å²) in [7, 11) is 0. The van der Waals surface area contributed by atoms with Gasteiger partial charge < -0.3 is 14.9 Å². The number of ether oxygens (including phenoxy) is 1. The molecule has 31 heavy (non-hydrogen) atoms. The summed E-state index contributed by atoms with van der Waals surface area (Å²) in [5.74, 6) is -1.21. The monoisotopic (exact) mass is 450 g/mol. The van der Waals surface area contributed by atoms with Gasteiger partial charge in [-0.25, -0.2) is 0 Å². The Hall–Kier alpha value is -1.50. The lowest BCUT2D eigenvalue weighted by Gasteiger charge is -2.59. The normalized spacial score (nSPS) is 44.6. The number of hydrogen-bond donors (Lipinski definition) is 2. The second-order valence-electron chi connectivity index (χ2n) is 10.1. The van der Waals surface area contributed by atoms with E-state index in [1.807, 2.05) is 13.0 Å². The van der Waals surface area contributed by atoms with Crippen molar-refractivity contribution in [3.8, 4) is 0 Å². The van der Waals surface area contributed by atoms with E-state index in [-0.39, 0.29) is 42.8 Å². The highest BCUT2D eigenvalue weighted by atomic mass is 35.5. The minimum Gasteiger partial charge on any atom is -0.450 e. The zero-order chi connectivity index (χ0) is 22.8. The average molecular weight is 451 g/mol. The molecular formula is C24H31ClO6. The summed E-state index contributed by atoms with van der Waals surface area (Å²) in [6.45, 7) is 5.64. The van der Waals surface area contributed by atoms with Crippen molar-refractivity contribution in [1.82, 2.24) is 0 Å². The fourth-order valence-electron chi connectivity index (χ4n) is 7.40. The molecule has 0 heterocycles. The van der Waals surface area contributed by atoms with Crippen LogP contribution < -0.4 is 0 Å². The van der Waals surface area contributed by atoms with Crippen molar-refractivity contribution in [2.45, 2.75) is 76.6 Å². The first-order chi connectivity index (χ1) is 14.5. The number of halogens is 1. The molecule has 3 fully saturated rings. The molecule has 0 aromatic rings. The molecule has 4 rings (SSSR count). The van der Waals surface area contributed by atoms with Crippen LogP contribution in [0, 0.1) is 28.6 Å². The molecule has 0 saturated heterocycles. The van der Waals surface area contributed by atoms with Gasteiger partial charge in [0.2, 0.25) is 5.78 Å². The predicted octanol–water partition coefficient (Wildman–Crippen LogP) is 3.08. The van der Waals surface area contributed by atoms with E-state index in [0.717, 1.165) is 18.4 Å². The molecule has 0 radical (unpaired) electrons. The molecule has 0 aliphatic heterocycles. The van der Waals surface area contributed by atoms with Crippen molar-refractivity contribution < 1.29 is 29.3 Å². The number of Topliss-reactive ketones (excluding diaryl/α,β-unsaturated/α-hetero) is 1. The van der Waals surface area contributed by atoms with E-state index >= 15 is 0 Å². The molecule has 2 N–H and O–H groups in total. The van der Waals surface area contributed by atoms with Crippen LogP contribution in [0.25, 0.3) is 0 Å². The summed E-state index contributed by atoms with van der Waals surface area (Å²) in [6, 6.07) is 0. The molecular weight excluding hydrogens is 420 g/mol. The third-order valence-corrected chi connectivity index (χ3v) is 9.01. The van der Waals surface area contributed by atoms with Crippen molar-refractivity contribution in [2.24, 2.45) is 28.6 Å². The maximum atomic E-state index is 13.2. The fraction of sp³-hybridized carbons (Fsp3) is 0.708. The van der Waals surface area contributed by atoms with Gasteiger partial charge in [0.1, 0.15) is 0 Å². The van der Waals surface area contributed by atoms with Crippen LogP contribution in [0.1, 0.15) is 59.3 Å². The Bertz CT molecular complexity index is 877. The molecule has 6 nitrogen and oxygen atoms in total. The van der Waals surface area contributed by atoms with E-state index in [4.69, 9.17) is 16.3 Å². The maximum Gasteiger partial charge on any atom is 0.306 e. The minimum atomic E-state index is -1.78. The Balaban J connectivity index is 1.77. The molecule has 0 bridgehead atoms. The number of carbonyl (C=O) groups excluding carboxylic acids is 3. The number of hydrogen-bond acceptors (Lipinski definition) is 6. The Morgan fingerprint density at radius 1 is 1.32 bits per heavy atom. The van der Waals surface area contributed by atoms with Crippen molar-refractivity contribution >= 4 is 29.1 Å². The van der Waals surface area contributed by atoms with Gasteiger partial charge in [0, 0.05) is 23.2 Å². The second-order valence-corrected chi connectivity index (χ2v) is 10.5. The number of allylic oxidation sites excluding steroid dienone is 4. The number of rotatable bonds is 4. The third-order valence-electron chi connectivity index (χ3n) is 8.81. The lowest BCUT2D eigenvalue weighted by Crippen LogP contribution is -2.63. The van der Waals surface area contributed by atoms with E-state index in [0.29, 0.717) is 6.42 Å². The molecule has 4 aliphatic carbocycles. The van der Waals surface area contributed by atoms with Crippen molar-refractivity contribution in [3.63, 3.8) is 0 Å². The van der Waals surface area contributed by atoms with Gasteiger partial charge in [-0.2, -0.15) is 0 Å². The number of carbonyl (C=O) groups is 3. The molecule has 0 aromatic heterocycles. The minimum absolute atomic E-state index is 0.0193. The second kappa shape index (κ2) is 7.53. The standard InChI is InChI=1S/C24H31ClO6/c1-4-18(28)31-24(20(29)21(25)30)10-8-16-15-6-5-13-11-14(26)7-9-22(13,2)19(15)17(27)12-23(16,24)3/h7,9,11,15-17,19,21,27,30H,4-6,8,10,12H2,1-3H3/t15-,16-,17?,19+,21?,22-,23-,24-/m0/s1. The topological polar surface area (TPSA) is 101 Å². The van der Waals surface area contributed by atoms with Gasteiger partial charge in [-0.3, -0.25) is 14.4 Å². The molecule has 0 amide bonds. The Morgan fingerprint density at radius 2 is 2.03 bits per heavy atom. The number of aliphatic hydroxyl groups is 2. The van der Waals surface area contributed by atoms with E-state index in [9.17, 15) is 24.6 Å². The van der Waals surface area contributed by atoms with Gasteiger partial charge in [0.05, 0.1) is 6.10 Å². The van der Waals surface area contributed by atoms with Crippen molar-refractivity contribution in [1.29, 1.82) is 0 Å². The van der Waals surface area contributed by atoms with Crippen LogP contribution in [-0.2, 0) is 19.1 Å².